The third-order valence-corrected chi connectivity index (χ3v) is 5.77. The molecule has 0 spiro atoms. The number of nitrogens with zero attached hydrogens (tertiary/aromatic N) is 1. The first-order chi connectivity index (χ1) is 13.4. The Morgan fingerprint density at radius 2 is 1.75 bits per heavy atom. The van der Waals surface area contributed by atoms with Gasteiger partial charge in [-0.3, -0.25) is 4.79 Å². The lowest BCUT2D eigenvalue weighted by Gasteiger charge is -2.32. The number of carbonyl (C=O) groups excluding carboxylic acids is 1. The van der Waals surface area contributed by atoms with E-state index in [0.717, 1.165) is 30.6 Å². The number of carbonyl (C=O) groups is 1. The Morgan fingerprint density at radius 3 is 2.43 bits per heavy atom. The number of rotatable bonds is 6. The van der Waals surface area contributed by atoms with Crippen LogP contribution in [0.3, 0.4) is 0 Å². The number of benzene rings is 2. The Labute approximate surface area is 166 Å². The van der Waals surface area contributed by atoms with Gasteiger partial charge in [0.2, 0.25) is 0 Å². The summed E-state index contributed by atoms with van der Waals surface area (Å²) in [5, 5.41) is 0. The molecule has 2 aromatic rings. The number of likely N-dealkylation sites (tertiary alicyclic amines) is 1. The highest BCUT2D eigenvalue weighted by molar-refractivity contribution is 7.90. The second kappa shape index (κ2) is 8.65. The molecular weight excluding hydrogens is 378 g/mol. The number of sulfone groups is 1. The zero-order valence-corrected chi connectivity index (χ0v) is 16.9. The predicted octanol–water partition coefficient (Wildman–Crippen LogP) is 3.17. The van der Waals surface area contributed by atoms with E-state index in [1.165, 1.54) is 12.1 Å². The van der Waals surface area contributed by atoms with Crippen LogP contribution in [0.1, 0.15) is 30.1 Å². The molecule has 150 valence electrons. The minimum Gasteiger partial charge on any atom is -0.494 e. The van der Waals surface area contributed by atoms with Crippen molar-refractivity contribution in [3.8, 4) is 11.5 Å². The van der Waals surface area contributed by atoms with E-state index in [2.05, 4.69) is 0 Å². The van der Waals surface area contributed by atoms with Gasteiger partial charge in [0.1, 0.15) is 17.6 Å². The van der Waals surface area contributed by atoms with Crippen LogP contribution in [0.25, 0.3) is 0 Å². The van der Waals surface area contributed by atoms with Gasteiger partial charge in [-0.15, -0.1) is 0 Å². The van der Waals surface area contributed by atoms with E-state index in [-0.39, 0.29) is 16.9 Å². The van der Waals surface area contributed by atoms with Gasteiger partial charge < -0.3 is 14.4 Å². The number of amides is 1. The maximum atomic E-state index is 12.7. The van der Waals surface area contributed by atoms with Crippen molar-refractivity contribution < 1.29 is 22.7 Å². The standard InChI is InChI=1S/C21H25NO5S/c1-3-26-18-7-5-8-19(15-18)27-17-10-12-22(13-11-17)21(23)16-6-4-9-20(14-16)28(2,24)25/h4-9,14-15,17H,3,10-13H2,1-2H3. The zero-order valence-electron chi connectivity index (χ0n) is 16.1. The normalized spacial score (nSPS) is 15.3. The lowest BCUT2D eigenvalue weighted by Crippen LogP contribution is -2.41. The van der Waals surface area contributed by atoms with Crippen molar-refractivity contribution in [2.75, 3.05) is 26.0 Å². The van der Waals surface area contributed by atoms with Gasteiger partial charge in [-0.25, -0.2) is 8.42 Å². The Bertz CT molecular complexity index is 933. The summed E-state index contributed by atoms with van der Waals surface area (Å²) in [4.78, 5) is 14.6. The van der Waals surface area contributed by atoms with Gasteiger partial charge in [0, 0.05) is 43.8 Å². The van der Waals surface area contributed by atoms with Crippen molar-refractivity contribution in [2.24, 2.45) is 0 Å². The van der Waals surface area contributed by atoms with Crippen molar-refractivity contribution in [3.63, 3.8) is 0 Å². The number of hydrogen-bond donors (Lipinski definition) is 0. The zero-order chi connectivity index (χ0) is 20.1. The Balaban J connectivity index is 1.59. The largest absolute Gasteiger partial charge is 0.494 e. The van der Waals surface area contributed by atoms with Crippen molar-refractivity contribution in [1.29, 1.82) is 0 Å². The molecule has 0 aromatic heterocycles. The highest BCUT2D eigenvalue weighted by Crippen LogP contribution is 2.24. The molecule has 0 unspecified atom stereocenters. The lowest BCUT2D eigenvalue weighted by atomic mass is 10.1. The molecule has 2 aromatic carbocycles. The smallest absolute Gasteiger partial charge is 0.253 e. The van der Waals surface area contributed by atoms with Crippen LogP contribution in [0.5, 0.6) is 11.5 Å². The number of hydrogen-bond acceptors (Lipinski definition) is 5. The summed E-state index contributed by atoms with van der Waals surface area (Å²) in [6.45, 7) is 3.67. The fourth-order valence-corrected chi connectivity index (χ4v) is 3.88. The molecule has 1 aliphatic rings. The fraction of sp³-hybridized carbons (Fsp3) is 0.381. The van der Waals surface area contributed by atoms with Crippen LogP contribution in [0.15, 0.2) is 53.4 Å². The highest BCUT2D eigenvalue weighted by Gasteiger charge is 2.25. The summed E-state index contributed by atoms with van der Waals surface area (Å²) in [6.07, 6.45) is 2.61. The van der Waals surface area contributed by atoms with Crippen LogP contribution in [0, 0.1) is 0 Å². The lowest BCUT2D eigenvalue weighted by molar-refractivity contribution is 0.0595. The summed E-state index contributed by atoms with van der Waals surface area (Å²) < 4.78 is 35.0. The quantitative estimate of drug-likeness (QED) is 0.741. The Kier molecular flexibility index (Phi) is 6.24. The predicted molar refractivity (Wildman–Crippen MR) is 107 cm³/mol. The summed E-state index contributed by atoms with van der Waals surface area (Å²) >= 11 is 0. The third-order valence-electron chi connectivity index (χ3n) is 4.66. The molecule has 3 rings (SSSR count). The molecule has 1 saturated heterocycles. The van der Waals surface area contributed by atoms with Gasteiger partial charge in [-0.1, -0.05) is 12.1 Å². The maximum absolute atomic E-state index is 12.7. The van der Waals surface area contributed by atoms with Crippen LogP contribution in [-0.2, 0) is 9.84 Å². The molecule has 6 nitrogen and oxygen atoms in total. The molecule has 1 aliphatic heterocycles. The van der Waals surface area contributed by atoms with Gasteiger partial charge in [-0.05, 0) is 37.3 Å². The van der Waals surface area contributed by atoms with Crippen molar-refractivity contribution in [3.05, 3.63) is 54.1 Å². The van der Waals surface area contributed by atoms with Gasteiger partial charge in [0.05, 0.1) is 11.5 Å². The molecule has 0 aliphatic carbocycles. The second-order valence-electron chi connectivity index (χ2n) is 6.82. The molecule has 28 heavy (non-hydrogen) atoms. The Morgan fingerprint density at radius 1 is 1.07 bits per heavy atom. The van der Waals surface area contributed by atoms with E-state index in [9.17, 15) is 13.2 Å². The van der Waals surface area contributed by atoms with E-state index < -0.39 is 9.84 Å². The first kappa shape index (κ1) is 20.2. The average molecular weight is 404 g/mol. The topological polar surface area (TPSA) is 72.9 Å². The van der Waals surface area contributed by atoms with Crippen molar-refractivity contribution in [1.82, 2.24) is 4.90 Å². The van der Waals surface area contributed by atoms with Crippen molar-refractivity contribution >= 4 is 15.7 Å². The first-order valence-corrected chi connectivity index (χ1v) is 11.2. The van der Waals surface area contributed by atoms with E-state index in [1.54, 1.807) is 17.0 Å². The molecule has 0 bridgehead atoms. The van der Waals surface area contributed by atoms with Crippen LogP contribution in [-0.4, -0.2) is 51.3 Å². The van der Waals surface area contributed by atoms with Crippen LogP contribution in [0.2, 0.25) is 0 Å². The van der Waals surface area contributed by atoms with E-state index >= 15 is 0 Å². The van der Waals surface area contributed by atoms with E-state index in [4.69, 9.17) is 9.47 Å². The van der Waals surface area contributed by atoms with E-state index in [1.807, 2.05) is 31.2 Å². The number of piperidine rings is 1. The van der Waals surface area contributed by atoms with Crippen LogP contribution < -0.4 is 9.47 Å². The Hall–Kier alpha value is -2.54. The number of ether oxygens (including phenoxy) is 2. The summed E-state index contributed by atoms with van der Waals surface area (Å²) in [5.74, 6) is 1.39. The monoisotopic (exact) mass is 403 g/mol. The van der Waals surface area contributed by atoms with Gasteiger partial charge in [-0.2, -0.15) is 0 Å². The molecular formula is C21H25NO5S. The average Bonchev–Trinajstić information content (AvgIpc) is 2.68. The minimum atomic E-state index is -3.34. The van der Waals surface area contributed by atoms with Crippen molar-refractivity contribution in [2.45, 2.75) is 30.8 Å². The molecule has 0 radical (unpaired) electrons. The summed E-state index contributed by atoms with van der Waals surface area (Å²) in [6, 6.07) is 13.8. The van der Waals surface area contributed by atoms with Gasteiger partial charge in [0.15, 0.2) is 9.84 Å². The maximum Gasteiger partial charge on any atom is 0.253 e. The molecule has 1 heterocycles. The van der Waals surface area contributed by atoms with Crippen LogP contribution >= 0.6 is 0 Å². The summed E-state index contributed by atoms with van der Waals surface area (Å²) in [7, 11) is -3.34. The molecule has 0 N–H and O–H groups in total. The first-order valence-electron chi connectivity index (χ1n) is 9.35. The highest BCUT2D eigenvalue weighted by atomic mass is 32.2. The minimum absolute atomic E-state index is 0.0308. The molecule has 7 heteroatoms. The second-order valence-corrected chi connectivity index (χ2v) is 8.83. The molecule has 1 fully saturated rings. The molecule has 0 saturated carbocycles. The third kappa shape index (κ3) is 5.04. The van der Waals surface area contributed by atoms with Crippen LogP contribution in [0.4, 0.5) is 0 Å². The van der Waals surface area contributed by atoms with Gasteiger partial charge in [0.25, 0.3) is 5.91 Å². The molecule has 1 amide bonds. The molecule has 0 atom stereocenters. The van der Waals surface area contributed by atoms with E-state index in [0.29, 0.717) is 25.3 Å². The summed E-state index contributed by atoms with van der Waals surface area (Å²) in [5.41, 5.74) is 0.395. The fourth-order valence-electron chi connectivity index (χ4n) is 3.22. The van der Waals surface area contributed by atoms with Gasteiger partial charge >= 0.3 is 0 Å². The SMILES string of the molecule is CCOc1cccc(OC2CCN(C(=O)c3cccc(S(C)(=O)=O)c3)CC2)c1.